The maximum absolute atomic E-state index is 15.8. The van der Waals surface area contributed by atoms with Crippen molar-refractivity contribution in [1.29, 1.82) is 0 Å². The molecule has 0 fully saturated rings. The molecule has 0 atom stereocenters. The molecule has 0 amide bonds. The summed E-state index contributed by atoms with van der Waals surface area (Å²) in [4.78, 5) is 31.3. The number of hydrogen-bond donors (Lipinski definition) is 8. The molecule has 72 heavy (non-hydrogen) atoms. The molecule has 0 saturated heterocycles. The molecule has 4 aromatic rings. The van der Waals surface area contributed by atoms with Crippen molar-refractivity contribution in [3.63, 3.8) is 0 Å². The molecule has 11 heteroatoms. The fourth-order valence-corrected chi connectivity index (χ4v) is 10.9. The molecular formula is C61H96O9P2. The predicted molar refractivity (Wildman–Crippen MR) is 302 cm³/mol. The third-order valence-electron chi connectivity index (χ3n) is 14.3. The van der Waals surface area contributed by atoms with Crippen LogP contribution in [0.2, 0.25) is 0 Å². The van der Waals surface area contributed by atoms with Gasteiger partial charge in [0.2, 0.25) is 0 Å². The van der Waals surface area contributed by atoms with Gasteiger partial charge in [0, 0.05) is 0 Å². The molecule has 0 heterocycles. The molecule has 404 valence electrons. The van der Waals surface area contributed by atoms with Crippen LogP contribution < -0.4 is 0 Å². The molecule has 0 saturated carbocycles. The van der Waals surface area contributed by atoms with E-state index in [2.05, 4.69) is 231 Å². The number of benzene rings is 4. The van der Waals surface area contributed by atoms with E-state index in [4.69, 9.17) is 19.6 Å². The van der Waals surface area contributed by atoms with E-state index in [0.29, 0.717) is 22.3 Å². The van der Waals surface area contributed by atoms with Gasteiger partial charge in [-0.05, 0) is 110 Å². The summed E-state index contributed by atoms with van der Waals surface area (Å²) in [5.74, 6) is 0. The van der Waals surface area contributed by atoms with E-state index >= 15 is 10.2 Å². The number of aliphatic hydroxyl groups is 4. The van der Waals surface area contributed by atoms with Crippen LogP contribution in [-0.4, -0.2) is 53.2 Å². The quantitative estimate of drug-likeness (QED) is 0.0720. The van der Waals surface area contributed by atoms with Gasteiger partial charge in [0.05, 0.1) is 18.6 Å². The van der Waals surface area contributed by atoms with E-state index in [1.807, 2.05) is 12.1 Å². The van der Waals surface area contributed by atoms with Gasteiger partial charge in [-0.3, -0.25) is 0 Å². The van der Waals surface area contributed by atoms with Crippen molar-refractivity contribution in [2.75, 3.05) is 13.2 Å². The van der Waals surface area contributed by atoms with Gasteiger partial charge in [-0.15, -0.1) is 0 Å². The summed E-state index contributed by atoms with van der Waals surface area (Å²) < 4.78 is 3.60. The minimum Gasteiger partial charge on any atom is -0.395 e. The Bertz CT molecular complexity index is 2260. The zero-order chi connectivity index (χ0) is 56.2. The van der Waals surface area contributed by atoms with Crippen LogP contribution in [0, 0.1) is 5.41 Å². The van der Waals surface area contributed by atoms with Crippen molar-refractivity contribution >= 4 is 17.2 Å². The second kappa shape index (κ2) is 21.4. The first-order chi connectivity index (χ1) is 32.1. The summed E-state index contributed by atoms with van der Waals surface area (Å²) >= 11 is 0. The Morgan fingerprint density at radius 3 is 0.764 bits per heavy atom. The Morgan fingerprint density at radius 2 is 0.583 bits per heavy atom. The maximum Gasteiger partial charge on any atom is 0.334 e. The zero-order valence-electron chi connectivity index (χ0n) is 48.7. The van der Waals surface area contributed by atoms with Gasteiger partial charge in [-0.25, -0.2) is 4.31 Å². The molecular weight excluding hydrogens is 939 g/mol. The van der Waals surface area contributed by atoms with E-state index in [-0.39, 0.29) is 10.8 Å². The first-order valence-corrected chi connectivity index (χ1v) is 27.7. The van der Waals surface area contributed by atoms with E-state index in [9.17, 15) is 10.2 Å². The van der Waals surface area contributed by atoms with Crippen LogP contribution in [0.5, 0.6) is 0 Å². The molecule has 4 aromatic carbocycles. The SMILES string of the molecule is CC(C)(C)c1ccc(C(O)(c2ccc(C(C)(C)C)cc2C(C)(C)C)C(CO)(CO)C(O)(c2c(C(C)(C)C)cccc2C(C)(C)C)c2c(C(C)(C)C)cccc2C(C)(C)C)c(C(C)(C)C)c1.OP(O)OP(O)O. The molecule has 0 radical (unpaired) electrons. The molecule has 0 aliphatic rings. The van der Waals surface area contributed by atoms with Gasteiger partial charge in [-0.1, -0.05) is 239 Å². The lowest BCUT2D eigenvalue weighted by molar-refractivity contribution is -0.211. The third kappa shape index (κ3) is 13.0. The average Bonchev–Trinajstić information content (AvgIpc) is 3.20. The van der Waals surface area contributed by atoms with Crippen LogP contribution in [0.4, 0.5) is 0 Å². The first-order valence-electron chi connectivity index (χ1n) is 25.4. The highest BCUT2D eigenvalue weighted by Crippen LogP contribution is 2.64. The Balaban J connectivity index is 0.00000181. The van der Waals surface area contributed by atoms with Crippen molar-refractivity contribution in [3.05, 3.63) is 140 Å². The molecule has 0 aromatic heterocycles. The smallest absolute Gasteiger partial charge is 0.334 e. The van der Waals surface area contributed by atoms with Gasteiger partial charge in [0.15, 0.2) is 0 Å². The molecule has 0 bridgehead atoms. The zero-order valence-corrected chi connectivity index (χ0v) is 50.5. The highest BCUT2D eigenvalue weighted by Gasteiger charge is 2.68. The highest BCUT2D eigenvalue weighted by molar-refractivity contribution is 7.53. The molecule has 4 rings (SSSR count). The maximum atomic E-state index is 15.8. The lowest BCUT2D eigenvalue weighted by Crippen LogP contribution is -2.66. The monoisotopic (exact) mass is 1030 g/mol. The Kier molecular flexibility index (Phi) is 18.9. The van der Waals surface area contributed by atoms with Gasteiger partial charge >= 0.3 is 17.2 Å². The number of rotatable bonds is 10. The number of aliphatic hydroxyl groups excluding tert-OH is 2. The Hall–Kier alpha value is -2.62. The van der Waals surface area contributed by atoms with Gasteiger partial charge < -0.3 is 40.0 Å². The van der Waals surface area contributed by atoms with Gasteiger partial charge in [0.25, 0.3) is 0 Å². The predicted octanol–water partition coefficient (Wildman–Crippen LogP) is 13.6. The van der Waals surface area contributed by atoms with E-state index in [0.717, 1.165) is 44.5 Å². The van der Waals surface area contributed by atoms with Crippen LogP contribution >= 0.6 is 17.2 Å². The Morgan fingerprint density at radius 1 is 0.333 bits per heavy atom. The van der Waals surface area contributed by atoms with Crippen molar-refractivity contribution in [2.45, 2.75) is 221 Å². The van der Waals surface area contributed by atoms with Crippen molar-refractivity contribution in [3.8, 4) is 0 Å². The summed E-state index contributed by atoms with van der Waals surface area (Å²) in [7, 11) is -5.22. The summed E-state index contributed by atoms with van der Waals surface area (Å²) in [5.41, 5.74) is -0.604. The van der Waals surface area contributed by atoms with Crippen LogP contribution in [0.3, 0.4) is 0 Å². The molecule has 0 spiro atoms. The van der Waals surface area contributed by atoms with Crippen molar-refractivity contribution < 1.29 is 44.3 Å². The summed E-state index contributed by atoms with van der Waals surface area (Å²) in [6.07, 6.45) is 0. The largest absolute Gasteiger partial charge is 0.395 e. The second-order valence-corrected chi connectivity index (χ2v) is 30.0. The van der Waals surface area contributed by atoms with Crippen LogP contribution in [0.15, 0.2) is 72.8 Å². The van der Waals surface area contributed by atoms with Crippen molar-refractivity contribution in [1.82, 2.24) is 0 Å². The number of hydrogen-bond acceptors (Lipinski definition) is 9. The molecule has 0 aliphatic carbocycles. The van der Waals surface area contributed by atoms with Crippen LogP contribution in [0.1, 0.15) is 233 Å². The third-order valence-corrected chi connectivity index (χ3v) is 15.5. The fraction of sp³-hybridized carbons (Fsp3) is 0.607. The lowest BCUT2D eigenvalue weighted by atomic mass is 9.48. The van der Waals surface area contributed by atoms with Gasteiger partial charge in [0.1, 0.15) is 11.2 Å². The minimum atomic E-state index is -2.61. The standard InChI is InChI=1S/C61H92O4.H4O5P2/c1-51(2,3)39-31-33-41(47(35-39)57(19,20)21)60(64,42-34-32-40(52(4,5)6)36-48(42)58(22,23)24)59(37-62,38-63)61(65,49-43(53(7,8)9)27-25-28-44(49)54(10,11)12)50-45(55(13,14)15)29-26-30-46(50)56(16,17)18;1-6(2)5-7(3)4/h25-36,62-65H,37-38H2,1-24H3;1-4H. The molecule has 0 aliphatic heterocycles. The normalized spacial score (nSPS) is 14.2. The lowest BCUT2D eigenvalue weighted by Gasteiger charge is -2.59. The molecule has 0 unspecified atom stereocenters. The van der Waals surface area contributed by atoms with Crippen LogP contribution in [0.25, 0.3) is 0 Å². The first kappa shape index (κ1) is 63.7. The average molecular weight is 1040 g/mol. The van der Waals surface area contributed by atoms with E-state index < -0.39 is 79.5 Å². The summed E-state index contributed by atoms with van der Waals surface area (Å²) in [5, 5.41) is 57.6. The summed E-state index contributed by atoms with van der Waals surface area (Å²) in [6, 6.07) is 25.2. The second-order valence-electron chi connectivity index (χ2n) is 28.4. The minimum absolute atomic E-state index is 0.228. The topological polar surface area (TPSA) is 171 Å². The van der Waals surface area contributed by atoms with E-state index in [1.165, 1.54) is 0 Å². The molecule has 9 nitrogen and oxygen atoms in total. The fourth-order valence-electron chi connectivity index (χ4n) is 10.4. The Labute approximate surface area is 438 Å². The highest BCUT2D eigenvalue weighted by atomic mass is 31.2. The van der Waals surface area contributed by atoms with Crippen LogP contribution in [-0.2, 0) is 58.8 Å². The van der Waals surface area contributed by atoms with E-state index in [1.54, 1.807) is 0 Å². The van der Waals surface area contributed by atoms with Gasteiger partial charge in [-0.2, -0.15) is 0 Å². The molecule has 8 N–H and O–H groups in total. The summed E-state index contributed by atoms with van der Waals surface area (Å²) in [6.45, 7) is 50.6. The van der Waals surface area contributed by atoms with Crippen molar-refractivity contribution in [2.24, 2.45) is 5.41 Å².